The zero-order valence-electron chi connectivity index (χ0n) is 10.8. The fraction of sp³-hybridized carbons (Fsp3) is 0.0625. The topological polar surface area (TPSA) is 12.0 Å². The number of benzene rings is 2. The lowest BCUT2D eigenvalue weighted by molar-refractivity contribution is 1.18. The highest BCUT2D eigenvalue weighted by Gasteiger charge is 2.20. The summed E-state index contributed by atoms with van der Waals surface area (Å²) in [5, 5.41) is 3.54. The van der Waals surface area contributed by atoms with Gasteiger partial charge < -0.3 is 5.32 Å². The lowest BCUT2D eigenvalue weighted by Gasteiger charge is -2.23. The van der Waals surface area contributed by atoms with Gasteiger partial charge >= 0.3 is 0 Å². The maximum atomic E-state index is 5.40. The molecular weight excluding hydrogens is 430 g/mol. The second kappa shape index (κ2) is 6.65. The standard InChI is InChI=1S/C16H11Br2NS2/c17-12-5-1-10(2-6-12)14-9-15(21-16(20)19-14)11-3-7-13(18)8-4-11/h1-9,15H,(H,19,20). The first-order valence-corrected chi connectivity index (χ1v) is 9.20. The molecule has 21 heavy (non-hydrogen) atoms. The molecule has 1 aliphatic heterocycles. The van der Waals surface area contributed by atoms with Crippen LogP contribution in [0.4, 0.5) is 0 Å². The lowest BCUT2D eigenvalue weighted by atomic mass is 10.1. The number of thioether (sulfide) groups is 1. The van der Waals surface area contributed by atoms with Gasteiger partial charge in [0.2, 0.25) is 0 Å². The van der Waals surface area contributed by atoms with E-state index in [1.807, 2.05) is 12.1 Å². The summed E-state index contributed by atoms with van der Waals surface area (Å²) in [6.07, 6.45) is 2.23. The molecule has 0 saturated carbocycles. The van der Waals surface area contributed by atoms with Gasteiger partial charge in [-0.05, 0) is 41.5 Å². The van der Waals surface area contributed by atoms with Gasteiger partial charge in [-0.25, -0.2) is 0 Å². The average Bonchev–Trinajstić information content (AvgIpc) is 2.48. The zero-order chi connectivity index (χ0) is 14.8. The van der Waals surface area contributed by atoms with Crippen LogP contribution in [0.1, 0.15) is 16.4 Å². The normalized spacial score (nSPS) is 18.1. The Morgan fingerprint density at radius 2 is 1.48 bits per heavy atom. The Labute approximate surface area is 150 Å². The highest BCUT2D eigenvalue weighted by atomic mass is 79.9. The molecule has 1 unspecified atom stereocenters. The number of rotatable bonds is 2. The van der Waals surface area contributed by atoms with E-state index in [-0.39, 0.29) is 5.25 Å². The molecular formula is C16H11Br2NS2. The van der Waals surface area contributed by atoms with Crippen LogP contribution in [0.25, 0.3) is 5.70 Å². The first-order valence-electron chi connectivity index (χ1n) is 6.33. The number of halogens is 2. The van der Waals surface area contributed by atoms with Crippen molar-refractivity contribution in [2.24, 2.45) is 0 Å². The highest BCUT2D eigenvalue weighted by Crippen LogP contribution is 2.37. The minimum absolute atomic E-state index is 0.241. The van der Waals surface area contributed by atoms with Crippen LogP contribution in [0.2, 0.25) is 0 Å². The molecule has 0 spiro atoms. The number of hydrogen-bond donors (Lipinski definition) is 1. The monoisotopic (exact) mass is 439 g/mol. The van der Waals surface area contributed by atoms with Crippen molar-refractivity contribution in [1.82, 2.24) is 5.32 Å². The van der Waals surface area contributed by atoms with E-state index in [2.05, 4.69) is 79.7 Å². The summed E-state index contributed by atoms with van der Waals surface area (Å²) in [7, 11) is 0. The Hall–Kier alpha value is -0.620. The molecule has 2 aromatic rings. The van der Waals surface area contributed by atoms with Crippen LogP contribution in [-0.4, -0.2) is 4.32 Å². The molecule has 1 heterocycles. The SMILES string of the molecule is S=C1NC(c2ccc(Br)cc2)=CC(c2ccc(Br)cc2)S1. The largest absolute Gasteiger partial charge is 0.341 e. The Kier molecular flexibility index (Phi) is 4.84. The van der Waals surface area contributed by atoms with E-state index in [1.54, 1.807) is 11.8 Å². The van der Waals surface area contributed by atoms with Crippen molar-refractivity contribution in [2.45, 2.75) is 5.25 Å². The van der Waals surface area contributed by atoms with E-state index >= 15 is 0 Å². The third-order valence-electron chi connectivity index (χ3n) is 3.14. The van der Waals surface area contributed by atoms with E-state index in [0.717, 1.165) is 24.5 Å². The summed E-state index contributed by atoms with van der Waals surface area (Å²) in [6, 6.07) is 16.6. The highest BCUT2D eigenvalue weighted by molar-refractivity contribution is 9.10. The molecule has 0 amide bonds. The minimum Gasteiger partial charge on any atom is -0.341 e. The molecule has 0 aliphatic carbocycles. The fourth-order valence-corrected chi connectivity index (χ4v) is 3.94. The van der Waals surface area contributed by atoms with Gasteiger partial charge in [-0.2, -0.15) is 0 Å². The molecule has 0 fully saturated rings. The van der Waals surface area contributed by atoms with Crippen molar-refractivity contribution in [2.75, 3.05) is 0 Å². The van der Waals surface area contributed by atoms with E-state index < -0.39 is 0 Å². The maximum Gasteiger partial charge on any atom is 0.139 e. The zero-order valence-corrected chi connectivity index (χ0v) is 15.7. The molecule has 0 aromatic heterocycles. The Bertz CT molecular complexity index is 693. The number of hydrogen-bond acceptors (Lipinski definition) is 2. The van der Waals surface area contributed by atoms with Crippen LogP contribution in [0.15, 0.2) is 63.6 Å². The summed E-state index contributed by atoms with van der Waals surface area (Å²) < 4.78 is 2.97. The quantitative estimate of drug-likeness (QED) is 0.582. The van der Waals surface area contributed by atoms with E-state index in [9.17, 15) is 0 Å². The fourth-order valence-electron chi connectivity index (χ4n) is 2.10. The Balaban J connectivity index is 1.95. The smallest absolute Gasteiger partial charge is 0.139 e. The predicted molar refractivity (Wildman–Crippen MR) is 102 cm³/mol. The van der Waals surface area contributed by atoms with Crippen molar-refractivity contribution in [3.63, 3.8) is 0 Å². The van der Waals surface area contributed by atoms with Gasteiger partial charge in [-0.3, -0.25) is 0 Å². The van der Waals surface area contributed by atoms with Gasteiger partial charge in [0.15, 0.2) is 0 Å². The summed E-state index contributed by atoms with van der Waals surface area (Å²) in [5.41, 5.74) is 3.46. The van der Waals surface area contributed by atoms with Crippen LogP contribution in [0.5, 0.6) is 0 Å². The van der Waals surface area contributed by atoms with Gasteiger partial charge in [0, 0.05) is 14.6 Å². The summed E-state index contributed by atoms with van der Waals surface area (Å²) in [6.45, 7) is 0. The number of nitrogens with one attached hydrogen (secondary N) is 1. The summed E-state index contributed by atoms with van der Waals surface area (Å²) in [4.78, 5) is 0. The summed E-state index contributed by atoms with van der Waals surface area (Å²) in [5.74, 6) is 0. The molecule has 1 N–H and O–H groups in total. The maximum absolute atomic E-state index is 5.40. The Morgan fingerprint density at radius 3 is 2.10 bits per heavy atom. The third kappa shape index (κ3) is 3.77. The van der Waals surface area contributed by atoms with Crippen molar-refractivity contribution >= 4 is 65.9 Å². The second-order valence-corrected chi connectivity index (χ2v) is 8.24. The van der Waals surface area contributed by atoms with Crippen LogP contribution >= 0.6 is 55.8 Å². The molecule has 3 rings (SSSR count). The molecule has 5 heteroatoms. The van der Waals surface area contributed by atoms with Crippen LogP contribution < -0.4 is 5.32 Å². The Morgan fingerprint density at radius 1 is 0.905 bits per heavy atom. The molecule has 0 bridgehead atoms. The lowest BCUT2D eigenvalue weighted by Crippen LogP contribution is -2.22. The van der Waals surface area contributed by atoms with Gasteiger partial charge in [0.1, 0.15) is 4.32 Å². The number of thiocarbonyl (C=S) groups is 1. The first-order chi connectivity index (χ1) is 10.1. The van der Waals surface area contributed by atoms with E-state index in [4.69, 9.17) is 12.2 Å². The predicted octanol–water partition coefficient (Wildman–Crippen LogP) is 5.92. The average molecular weight is 441 g/mol. The second-order valence-electron chi connectivity index (χ2n) is 4.59. The molecule has 1 nitrogen and oxygen atoms in total. The van der Waals surface area contributed by atoms with Gasteiger partial charge in [0.05, 0.1) is 5.25 Å². The van der Waals surface area contributed by atoms with Crippen LogP contribution in [-0.2, 0) is 0 Å². The minimum atomic E-state index is 0.241. The van der Waals surface area contributed by atoms with E-state index in [0.29, 0.717) is 0 Å². The van der Waals surface area contributed by atoms with Gasteiger partial charge in [0.25, 0.3) is 0 Å². The molecule has 1 atom stereocenters. The van der Waals surface area contributed by atoms with Crippen molar-refractivity contribution in [3.8, 4) is 0 Å². The van der Waals surface area contributed by atoms with Crippen molar-refractivity contribution < 1.29 is 0 Å². The summed E-state index contributed by atoms with van der Waals surface area (Å²) >= 11 is 14.0. The van der Waals surface area contributed by atoms with Crippen LogP contribution in [0, 0.1) is 0 Å². The molecule has 2 aromatic carbocycles. The van der Waals surface area contributed by atoms with E-state index in [1.165, 1.54) is 5.56 Å². The van der Waals surface area contributed by atoms with Gasteiger partial charge in [-0.1, -0.05) is 80.1 Å². The van der Waals surface area contributed by atoms with Crippen molar-refractivity contribution in [3.05, 3.63) is 74.7 Å². The molecule has 0 radical (unpaired) electrons. The molecule has 106 valence electrons. The molecule has 1 aliphatic rings. The third-order valence-corrected chi connectivity index (χ3v) is 5.57. The van der Waals surface area contributed by atoms with Crippen LogP contribution in [0.3, 0.4) is 0 Å². The molecule has 0 saturated heterocycles. The van der Waals surface area contributed by atoms with Gasteiger partial charge in [-0.15, -0.1) is 0 Å². The van der Waals surface area contributed by atoms with Crippen molar-refractivity contribution in [1.29, 1.82) is 0 Å². The first kappa shape index (κ1) is 15.3.